The second kappa shape index (κ2) is 9.02. The number of carbonyl (C=O) groups is 2. The molecule has 1 fully saturated rings. The minimum Gasteiger partial charge on any atom is -0.445 e. The van der Waals surface area contributed by atoms with Crippen molar-refractivity contribution in [1.29, 1.82) is 0 Å². The average molecular weight is 502 g/mol. The summed E-state index contributed by atoms with van der Waals surface area (Å²) in [6, 6.07) is 15.5. The summed E-state index contributed by atoms with van der Waals surface area (Å²) in [5.74, 6) is 0. The van der Waals surface area contributed by atoms with E-state index in [4.69, 9.17) is 9.47 Å². The SMILES string of the molecule is CC(C)(C)OC(=O)N1CC2CN(C(=O)OCc3ccccc3)CCN2c2ccc(Br)cc21. The molecule has 2 heterocycles. The average Bonchev–Trinajstić information content (AvgIpc) is 2.75. The van der Waals surface area contributed by atoms with Crippen molar-refractivity contribution in [2.45, 2.75) is 39.0 Å². The third kappa shape index (κ3) is 5.01. The molecule has 4 rings (SSSR count). The Morgan fingerprint density at radius 2 is 1.75 bits per heavy atom. The molecule has 0 bridgehead atoms. The summed E-state index contributed by atoms with van der Waals surface area (Å²) in [5.41, 5.74) is 2.13. The van der Waals surface area contributed by atoms with Crippen molar-refractivity contribution < 1.29 is 19.1 Å². The van der Waals surface area contributed by atoms with Gasteiger partial charge in [-0.1, -0.05) is 46.3 Å². The van der Waals surface area contributed by atoms with E-state index in [9.17, 15) is 9.59 Å². The highest BCUT2D eigenvalue weighted by Gasteiger charge is 2.40. The number of amides is 2. The van der Waals surface area contributed by atoms with Crippen molar-refractivity contribution in [3.8, 4) is 0 Å². The van der Waals surface area contributed by atoms with Crippen molar-refractivity contribution in [2.24, 2.45) is 0 Å². The zero-order valence-electron chi connectivity index (χ0n) is 18.6. The summed E-state index contributed by atoms with van der Waals surface area (Å²) in [6.45, 7) is 7.94. The van der Waals surface area contributed by atoms with Crippen LogP contribution in [0.15, 0.2) is 53.0 Å². The number of rotatable bonds is 2. The molecule has 2 aromatic carbocycles. The molecule has 1 atom stereocenters. The van der Waals surface area contributed by atoms with Crippen LogP contribution in [-0.4, -0.2) is 54.9 Å². The minimum atomic E-state index is -0.597. The van der Waals surface area contributed by atoms with Crippen LogP contribution in [0.4, 0.5) is 21.0 Å². The summed E-state index contributed by atoms with van der Waals surface area (Å²) in [5, 5.41) is 0. The first-order valence-electron chi connectivity index (χ1n) is 10.7. The first-order valence-corrected chi connectivity index (χ1v) is 11.5. The van der Waals surface area contributed by atoms with Gasteiger partial charge in [0.1, 0.15) is 12.2 Å². The Bertz CT molecular complexity index is 992. The fraction of sp³-hybridized carbons (Fsp3) is 0.417. The van der Waals surface area contributed by atoms with Gasteiger partial charge in [-0.15, -0.1) is 0 Å². The van der Waals surface area contributed by atoms with Gasteiger partial charge in [0.05, 0.1) is 24.0 Å². The van der Waals surface area contributed by atoms with Crippen LogP contribution in [0.3, 0.4) is 0 Å². The number of nitrogens with zero attached hydrogens (tertiary/aromatic N) is 3. The molecule has 1 saturated heterocycles. The van der Waals surface area contributed by atoms with Crippen LogP contribution in [0.25, 0.3) is 0 Å². The van der Waals surface area contributed by atoms with Gasteiger partial charge in [0.25, 0.3) is 0 Å². The van der Waals surface area contributed by atoms with Crippen molar-refractivity contribution >= 4 is 39.5 Å². The zero-order chi connectivity index (χ0) is 22.9. The molecule has 2 aromatic rings. The molecular weight excluding hydrogens is 474 g/mol. The number of benzene rings is 2. The number of carbonyl (C=O) groups excluding carboxylic acids is 2. The summed E-state index contributed by atoms with van der Waals surface area (Å²) >= 11 is 3.51. The molecule has 0 saturated carbocycles. The van der Waals surface area contributed by atoms with Crippen molar-refractivity contribution in [2.75, 3.05) is 36.0 Å². The van der Waals surface area contributed by atoms with Crippen LogP contribution in [0.1, 0.15) is 26.3 Å². The molecule has 0 aromatic heterocycles. The number of ether oxygens (including phenoxy) is 2. The number of hydrogen-bond donors (Lipinski definition) is 0. The van der Waals surface area contributed by atoms with E-state index >= 15 is 0 Å². The predicted molar refractivity (Wildman–Crippen MR) is 127 cm³/mol. The van der Waals surface area contributed by atoms with Crippen LogP contribution in [0.2, 0.25) is 0 Å². The Morgan fingerprint density at radius 1 is 1.00 bits per heavy atom. The Morgan fingerprint density at radius 3 is 2.47 bits per heavy atom. The first kappa shape index (κ1) is 22.5. The first-order chi connectivity index (χ1) is 15.2. The number of fused-ring (bicyclic) bond motifs is 3. The fourth-order valence-corrected chi connectivity index (χ4v) is 4.41. The monoisotopic (exact) mass is 501 g/mol. The van der Waals surface area contributed by atoms with Crippen molar-refractivity contribution in [3.05, 3.63) is 58.6 Å². The summed E-state index contributed by atoms with van der Waals surface area (Å²) in [6.07, 6.45) is -0.723. The Balaban J connectivity index is 1.50. The van der Waals surface area contributed by atoms with Crippen LogP contribution in [-0.2, 0) is 16.1 Å². The zero-order valence-corrected chi connectivity index (χ0v) is 20.2. The molecular formula is C24H28BrN3O4. The summed E-state index contributed by atoms with van der Waals surface area (Å²) < 4.78 is 12.1. The molecule has 0 N–H and O–H groups in total. The van der Waals surface area contributed by atoms with Gasteiger partial charge in [0.15, 0.2) is 0 Å². The maximum Gasteiger partial charge on any atom is 0.414 e. The summed E-state index contributed by atoms with van der Waals surface area (Å²) in [7, 11) is 0. The highest BCUT2D eigenvalue weighted by Crippen LogP contribution is 2.39. The van der Waals surface area contributed by atoms with E-state index in [0.717, 1.165) is 21.4 Å². The lowest BCUT2D eigenvalue weighted by molar-refractivity contribution is 0.0570. The molecule has 7 nitrogen and oxygen atoms in total. The van der Waals surface area contributed by atoms with Crippen molar-refractivity contribution in [1.82, 2.24) is 4.90 Å². The number of hydrogen-bond acceptors (Lipinski definition) is 5. The topological polar surface area (TPSA) is 62.3 Å². The van der Waals surface area contributed by atoms with E-state index in [1.54, 1.807) is 9.80 Å². The minimum absolute atomic E-state index is 0.0470. The van der Waals surface area contributed by atoms with E-state index in [2.05, 4.69) is 20.8 Å². The smallest absolute Gasteiger partial charge is 0.414 e. The molecule has 8 heteroatoms. The maximum atomic E-state index is 13.0. The number of piperazine rings is 1. The highest BCUT2D eigenvalue weighted by atomic mass is 79.9. The molecule has 170 valence electrons. The Labute approximate surface area is 197 Å². The van der Waals surface area contributed by atoms with Gasteiger partial charge in [0, 0.05) is 24.1 Å². The van der Waals surface area contributed by atoms with Gasteiger partial charge in [-0.05, 0) is 44.5 Å². The predicted octanol–water partition coefficient (Wildman–Crippen LogP) is 5.03. The quantitative estimate of drug-likeness (QED) is 0.577. The third-order valence-corrected chi connectivity index (χ3v) is 5.98. The standard InChI is InChI=1S/C24H28BrN3O4/c1-24(2,3)32-23(30)28-15-19-14-26(22(29)31-16-17-7-5-4-6-8-17)11-12-27(19)20-10-9-18(25)13-21(20)28/h4-10,13,19H,11-12,14-16H2,1-3H3. The lowest BCUT2D eigenvalue weighted by Gasteiger charge is -2.48. The molecule has 0 aliphatic carbocycles. The van der Waals surface area contributed by atoms with Crippen LogP contribution >= 0.6 is 15.9 Å². The van der Waals surface area contributed by atoms with Gasteiger partial charge in [0.2, 0.25) is 0 Å². The van der Waals surface area contributed by atoms with E-state index in [1.807, 2.05) is 69.3 Å². The molecule has 0 spiro atoms. The normalized spacial score (nSPS) is 18.0. The second-order valence-corrected chi connectivity index (χ2v) is 9.97. The van der Waals surface area contributed by atoms with Gasteiger partial charge < -0.3 is 19.3 Å². The molecule has 0 radical (unpaired) electrons. The van der Waals surface area contributed by atoms with Crippen LogP contribution < -0.4 is 9.80 Å². The van der Waals surface area contributed by atoms with Crippen molar-refractivity contribution in [3.63, 3.8) is 0 Å². The fourth-order valence-electron chi connectivity index (χ4n) is 4.06. The van der Waals surface area contributed by atoms with Gasteiger partial charge >= 0.3 is 12.2 Å². The van der Waals surface area contributed by atoms with Gasteiger partial charge in [-0.2, -0.15) is 0 Å². The third-order valence-electron chi connectivity index (χ3n) is 5.49. The van der Waals surface area contributed by atoms with E-state index in [0.29, 0.717) is 26.2 Å². The maximum absolute atomic E-state index is 13.0. The van der Waals surface area contributed by atoms with E-state index in [-0.39, 0.29) is 24.8 Å². The highest BCUT2D eigenvalue weighted by molar-refractivity contribution is 9.10. The molecule has 32 heavy (non-hydrogen) atoms. The van der Waals surface area contributed by atoms with Gasteiger partial charge in [-0.25, -0.2) is 9.59 Å². The Hall–Kier alpha value is -2.74. The van der Waals surface area contributed by atoms with Crippen LogP contribution in [0, 0.1) is 0 Å². The molecule has 1 unspecified atom stereocenters. The molecule has 2 amide bonds. The second-order valence-electron chi connectivity index (χ2n) is 9.06. The molecule has 2 aliphatic heterocycles. The lowest BCUT2D eigenvalue weighted by Crippen LogP contribution is -2.61. The van der Waals surface area contributed by atoms with E-state index in [1.165, 1.54) is 0 Å². The number of anilines is 2. The largest absolute Gasteiger partial charge is 0.445 e. The van der Waals surface area contributed by atoms with Crippen LogP contribution in [0.5, 0.6) is 0 Å². The van der Waals surface area contributed by atoms with Gasteiger partial charge in [-0.3, -0.25) is 4.90 Å². The van der Waals surface area contributed by atoms with E-state index < -0.39 is 5.60 Å². The molecule has 2 aliphatic rings. The Kier molecular flexibility index (Phi) is 6.33. The lowest BCUT2D eigenvalue weighted by atomic mass is 10.0. The number of halogens is 1. The summed E-state index contributed by atoms with van der Waals surface area (Å²) in [4.78, 5) is 31.4.